The molecular weight excluding hydrogens is 264 g/mol. The van der Waals surface area contributed by atoms with Crippen LogP contribution in [0, 0.1) is 18.3 Å². The average molecular weight is 280 g/mol. The van der Waals surface area contributed by atoms with Gasteiger partial charge in [-0.15, -0.1) is 0 Å². The number of aromatic nitrogens is 3. The molecule has 3 rings (SSSR count). The third-order valence-corrected chi connectivity index (χ3v) is 3.67. The standard InChI is InChI=1S/C15H16N6/c1-12-9-17-11-19-15(12)21-6-4-20(5-7-21)14-3-2-13(8-16)18-10-14/h2-3,9-11H,4-7H2,1H3. The number of nitriles is 1. The maximum atomic E-state index is 8.78. The van der Waals surface area contributed by atoms with Crippen molar-refractivity contribution in [1.29, 1.82) is 5.26 Å². The molecule has 0 N–H and O–H groups in total. The summed E-state index contributed by atoms with van der Waals surface area (Å²) < 4.78 is 0. The van der Waals surface area contributed by atoms with Crippen molar-refractivity contribution in [1.82, 2.24) is 15.0 Å². The van der Waals surface area contributed by atoms with Crippen molar-refractivity contribution in [2.24, 2.45) is 0 Å². The van der Waals surface area contributed by atoms with Crippen molar-refractivity contribution in [3.63, 3.8) is 0 Å². The molecule has 106 valence electrons. The third kappa shape index (κ3) is 2.77. The molecule has 2 aromatic rings. The molecule has 1 fully saturated rings. The van der Waals surface area contributed by atoms with E-state index in [2.05, 4.69) is 24.8 Å². The van der Waals surface area contributed by atoms with Gasteiger partial charge in [-0.1, -0.05) is 0 Å². The summed E-state index contributed by atoms with van der Waals surface area (Å²) in [6, 6.07) is 5.76. The molecule has 1 saturated heterocycles. The Bertz CT molecular complexity index is 653. The summed E-state index contributed by atoms with van der Waals surface area (Å²) in [7, 11) is 0. The van der Waals surface area contributed by atoms with Gasteiger partial charge in [0.2, 0.25) is 0 Å². The Hall–Kier alpha value is -2.68. The second-order valence-corrected chi connectivity index (χ2v) is 5.02. The van der Waals surface area contributed by atoms with E-state index < -0.39 is 0 Å². The first-order valence-electron chi connectivity index (χ1n) is 6.90. The Morgan fingerprint density at radius 2 is 1.81 bits per heavy atom. The van der Waals surface area contributed by atoms with Crippen LogP contribution in [0.2, 0.25) is 0 Å². The molecule has 0 radical (unpaired) electrons. The predicted octanol–water partition coefficient (Wildman–Crippen LogP) is 1.38. The number of hydrogen-bond donors (Lipinski definition) is 0. The molecule has 0 aliphatic carbocycles. The summed E-state index contributed by atoms with van der Waals surface area (Å²) in [5, 5.41) is 8.78. The smallest absolute Gasteiger partial charge is 0.140 e. The number of piperazine rings is 1. The highest BCUT2D eigenvalue weighted by atomic mass is 15.3. The minimum atomic E-state index is 0.453. The Kier molecular flexibility index (Phi) is 3.65. The quantitative estimate of drug-likeness (QED) is 0.827. The number of pyridine rings is 1. The number of rotatable bonds is 2. The zero-order chi connectivity index (χ0) is 14.7. The molecule has 2 aromatic heterocycles. The summed E-state index contributed by atoms with van der Waals surface area (Å²) in [4.78, 5) is 17.1. The summed E-state index contributed by atoms with van der Waals surface area (Å²) in [5.41, 5.74) is 2.62. The van der Waals surface area contributed by atoms with Gasteiger partial charge in [0.15, 0.2) is 0 Å². The van der Waals surface area contributed by atoms with Crippen LogP contribution < -0.4 is 9.80 Å². The van der Waals surface area contributed by atoms with Gasteiger partial charge in [-0.25, -0.2) is 15.0 Å². The second-order valence-electron chi connectivity index (χ2n) is 5.02. The van der Waals surface area contributed by atoms with Crippen LogP contribution in [0.5, 0.6) is 0 Å². The van der Waals surface area contributed by atoms with Gasteiger partial charge in [-0.05, 0) is 19.1 Å². The Morgan fingerprint density at radius 3 is 2.43 bits per heavy atom. The summed E-state index contributed by atoms with van der Waals surface area (Å²) in [6.45, 7) is 5.69. The van der Waals surface area contributed by atoms with E-state index in [0.29, 0.717) is 5.69 Å². The fourth-order valence-corrected chi connectivity index (χ4v) is 2.54. The summed E-state index contributed by atoms with van der Waals surface area (Å²) in [5.74, 6) is 1.02. The number of hydrogen-bond acceptors (Lipinski definition) is 6. The lowest BCUT2D eigenvalue weighted by Crippen LogP contribution is -2.47. The van der Waals surface area contributed by atoms with Gasteiger partial charge in [-0.3, -0.25) is 0 Å². The highest BCUT2D eigenvalue weighted by Crippen LogP contribution is 2.20. The first-order chi connectivity index (χ1) is 10.3. The zero-order valence-electron chi connectivity index (χ0n) is 11.9. The molecule has 0 atom stereocenters. The SMILES string of the molecule is Cc1cncnc1N1CCN(c2ccc(C#N)nc2)CC1. The molecule has 21 heavy (non-hydrogen) atoms. The van der Waals surface area contributed by atoms with Crippen molar-refractivity contribution >= 4 is 11.5 Å². The Balaban J connectivity index is 1.67. The van der Waals surface area contributed by atoms with E-state index in [1.807, 2.05) is 25.3 Å². The fourth-order valence-electron chi connectivity index (χ4n) is 2.54. The molecule has 1 aliphatic rings. The predicted molar refractivity (Wildman–Crippen MR) is 80.1 cm³/mol. The largest absolute Gasteiger partial charge is 0.367 e. The monoisotopic (exact) mass is 280 g/mol. The Labute approximate surface area is 123 Å². The highest BCUT2D eigenvalue weighted by molar-refractivity contribution is 5.50. The van der Waals surface area contributed by atoms with E-state index in [0.717, 1.165) is 43.2 Å². The molecule has 6 nitrogen and oxygen atoms in total. The maximum Gasteiger partial charge on any atom is 0.140 e. The molecule has 0 unspecified atom stereocenters. The molecule has 0 saturated carbocycles. The second kappa shape index (κ2) is 5.75. The number of aryl methyl sites for hydroxylation is 1. The zero-order valence-corrected chi connectivity index (χ0v) is 11.9. The number of anilines is 2. The van der Waals surface area contributed by atoms with E-state index in [9.17, 15) is 0 Å². The molecule has 0 aromatic carbocycles. The van der Waals surface area contributed by atoms with Crippen molar-refractivity contribution in [3.8, 4) is 6.07 Å². The third-order valence-electron chi connectivity index (χ3n) is 3.67. The van der Waals surface area contributed by atoms with Gasteiger partial charge in [-0.2, -0.15) is 5.26 Å². The summed E-state index contributed by atoms with van der Waals surface area (Å²) in [6.07, 6.45) is 5.21. The minimum absolute atomic E-state index is 0.453. The van der Waals surface area contributed by atoms with Crippen molar-refractivity contribution < 1.29 is 0 Å². The van der Waals surface area contributed by atoms with Gasteiger partial charge in [0, 0.05) is 37.9 Å². The number of nitrogens with zero attached hydrogens (tertiary/aromatic N) is 6. The van der Waals surface area contributed by atoms with Crippen LogP contribution in [0.15, 0.2) is 30.9 Å². The van der Waals surface area contributed by atoms with E-state index in [1.165, 1.54) is 0 Å². The van der Waals surface area contributed by atoms with Gasteiger partial charge in [0.25, 0.3) is 0 Å². The van der Waals surface area contributed by atoms with Crippen LogP contribution in [0.25, 0.3) is 0 Å². The van der Waals surface area contributed by atoms with Crippen LogP contribution in [-0.4, -0.2) is 41.1 Å². The van der Waals surface area contributed by atoms with E-state index in [-0.39, 0.29) is 0 Å². The van der Waals surface area contributed by atoms with Crippen LogP contribution in [0.4, 0.5) is 11.5 Å². The lowest BCUT2D eigenvalue weighted by Gasteiger charge is -2.37. The first-order valence-corrected chi connectivity index (χ1v) is 6.90. The Morgan fingerprint density at radius 1 is 1.05 bits per heavy atom. The van der Waals surface area contributed by atoms with Crippen molar-refractivity contribution in [2.75, 3.05) is 36.0 Å². The van der Waals surface area contributed by atoms with E-state index in [1.54, 1.807) is 18.6 Å². The lowest BCUT2D eigenvalue weighted by molar-refractivity contribution is 0.644. The lowest BCUT2D eigenvalue weighted by atomic mass is 10.2. The van der Waals surface area contributed by atoms with Crippen LogP contribution in [0.1, 0.15) is 11.3 Å². The van der Waals surface area contributed by atoms with Gasteiger partial charge >= 0.3 is 0 Å². The summed E-state index contributed by atoms with van der Waals surface area (Å²) >= 11 is 0. The molecule has 3 heterocycles. The molecular formula is C15H16N6. The molecule has 0 bridgehead atoms. The normalized spacial score (nSPS) is 14.9. The van der Waals surface area contributed by atoms with Crippen LogP contribution >= 0.6 is 0 Å². The first kappa shape index (κ1) is 13.3. The molecule has 0 amide bonds. The highest BCUT2D eigenvalue weighted by Gasteiger charge is 2.19. The van der Waals surface area contributed by atoms with Gasteiger partial charge in [0.1, 0.15) is 23.9 Å². The van der Waals surface area contributed by atoms with E-state index in [4.69, 9.17) is 5.26 Å². The van der Waals surface area contributed by atoms with Crippen molar-refractivity contribution in [2.45, 2.75) is 6.92 Å². The van der Waals surface area contributed by atoms with Crippen LogP contribution in [0.3, 0.4) is 0 Å². The van der Waals surface area contributed by atoms with Crippen molar-refractivity contribution in [3.05, 3.63) is 42.1 Å². The molecule has 1 aliphatic heterocycles. The minimum Gasteiger partial charge on any atom is -0.367 e. The molecule has 6 heteroatoms. The van der Waals surface area contributed by atoms with E-state index >= 15 is 0 Å². The topological polar surface area (TPSA) is 68.9 Å². The fraction of sp³-hybridized carbons (Fsp3) is 0.333. The maximum absolute atomic E-state index is 8.78. The van der Waals surface area contributed by atoms with Crippen LogP contribution in [-0.2, 0) is 0 Å². The average Bonchev–Trinajstić information content (AvgIpc) is 2.56. The van der Waals surface area contributed by atoms with Gasteiger partial charge < -0.3 is 9.80 Å². The van der Waals surface area contributed by atoms with Gasteiger partial charge in [0.05, 0.1) is 11.9 Å². The molecule has 0 spiro atoms.